The Labute approximate surface area is 180 Å². The van der Waals surface area contributed by atoms with Gasteiger partial charge in [0, 0.05) is 25.3 Å². The van der Waals surface area contributed by atoms with Crippen molar-refractivity contribution < 1.29 is 4.79 Å². The van der Waals surface area contributed by atoms with Crippen LogP contribution >= 0.6 is 11.8 Å². The lowest BCUT2D eigenvalue weighted by molar-refractivity contribution is -0.128. The SMILES string of the molecule is CN(C)C(=O)[C@@H](Sc1nnc(-c2ccccc2)n1-c1ccccc1)c1ccccc1. The van der Waals surface area contributed by atoms with Crippen molar-refractivity contribution in [1.29, 1.82) is 0 Å². The van der Waals surface area contributed by atoms with E-state index in [1.54, 1.807) is 19.0 Å². The Hall–Kier alpha value is -3.38. The van der Waals surface area contributed by atoms with Gasteiger partial charge in [0.05, 0.1) is 0 Å². The molecule has 4 aromatic rings. The molecule has 0 unspecified atom stereocenters. The average Bonchev–Trinajstić information content (AvgIpc) is 3.22. The number of carbonyl (C=O) groups excluding carboxylic acids is 1. The fourth-order valence-electron chi connectivity index (χ4n) is 3.16. The Balaban J connectivity index is 1.82. The van der Waals surface area contributed by atoms with Crippen LogP contribution in [0.4, 0.5) is 0 Å². The van der Waals surface area contributed by atoms with E-state index in [-0.39, 0.29) is 5.91 Å². The van der Waals surface area contributed by atoms with E-state index in [0.29, 0.717) is 5.16 Å². The molecule has 0 saturated carbocycles. The fourth-order valence-corrected chi connectivity index (χ4v) is 4.36. The van der Waals surface area contributed by atoms with Crippen LogP contribution in [-0.4, -0.2) is 39.7 Å². The molecule has 5 nitrogen and oxygen atoms in total. The lowest BCUT2D eigenvalue weighted by Gasteiger charge is -2.20. The van der Waals surface area contributed by atoms with Crippen LogP contribution in [0.1, 0.15) is 10.8 Å². The van der Waals surface area contributed by atoms with Gasteiger partial charge in [0.25, 0.3) is 0 Å². The predicted molar refractivity (Wildman–Crippen MR) is 121 cm³/mol. The zero-order valence-electron chi connectivity index (χ0n) is 16.8. The molecule has 0 spiro atoms. The first-order chi connectivity index (χ1) is 14.6. The molecule has 1 amide bonds. The van der Waals surface area contributed by atoms with E-state index in [1.165, 1.54) is 11.8 Å². The summed E-state index contributed by atoms with van der Waals surface area (Å²) in [5.41, 5.74) is 2.86. The van der Waals surface area contributed by atoms with Gasteiger partial charge in [-0.1, -0.05) is 90.6 Å². The minimum atomic E-state index is -0.420. The van der Waals surface area contributed by atoms with Gasteiger partial charge in [0.15, 0.2) is 11.0 Å². The fraction of sp³-hybridized carbons (Fsp3) is 0.125. The molecule has 1 atom stereocenters. The maximum absolute atomic E-state index is 13.0. The van der Waals surface area contributed by atoms with Gasteiger partial charge >= 0.3 is 0 Å². The Morgan fingerprint density at radius 2 is 1.40 bits per heavy atom. The van der Waals surface area contributed by atoms with Crippen LogP contribution in [0.3, 0.4) is 0 Å². The third-order valence-corrected chi connectivity index (χ3v) is 5.85. The first-order valence-electron chi connectivity index (χ1n) is 9.64. The summed E-state index contributed by atoms with van der Waals surface area (Å²) in [6, 6.07) is 29.7. The second-order valence-corrected chi connectivity index (χ2v) is 8.06. The second-order valence-electron chi connectivity index (χ2n) is 6.98. The van der Waals surface area contributed by atoms with E-state index in [9.17, 15) is 4.79 Å². The third kappa shape index (κ3) is 4.14. The van der Waals surface area contributed by atoms with Gasteiger partial charge < -0.3 is 4.90 Å². The normalized spacial score (nSPS) is 11.8. The van der Waals surface area contributed by atoms with Gasteiger partial charge in [-0.2, -0.15) is 0 Å². The van der Waals surface area contributed by atoms with E-state index in [1.807, 2.05) is 95.6 Å². The molecule has 0 aliphatic rings. The molecule has 3 aromatic carbocycles. The largest absolute Gasteiger partial charge is 0.348 e. The molecule has 1 heterocycles. The third-order valence-electron chi connectivity index (χ3n) is 4.67. The molecule has 0 saturated heterocycles. The number of rotatable bonds is 6. The van der Waals surface area contributed by atoms with Gasteiger partial charge in [-0.15, -0.1) is 10.2 Å². The number of carbonyl (C=O) groups is 1. The Kier molecular flexibility index (Phi) is 5.95. The van der Waals surface area contributed by atoms with Gasteiger partial charge in [-0.3, -0.25) is 9.36 Å². The summed E-state index contributed by atoms with van der Waals surface area (Å²) < 4.78 is 2.01. The summed E-state index contributed by atoms with van der Waals surface area (Å²) in [5, 5.41) is 9.21. The van der Waals surface area contributed by atoms with Crippen molar-refractivity contribution in [3.63, 3.8) is 0 Å². The molecule has 0 aliphatic carbocycles. The van der Waals surface area contributed by atoms with Crippen LogP contribution < -0.4 is 0 Å². The smallest absolute Gasteiger partial charge is 0.240 e. The zero-order chi connectivity index (χ0) is 20.9. The monoisotopic (exact) mass is 414 g/mol. The highest BCUT2D eigenvalue weighted by Crippen LogP contribution is 2.38. The van der Waals surface area contributed by atoms with Crippen LogP contribution in [0.15, 0.2) is 96.2 Å². The molecule has 0 N–H and O–H groups in total. The summed E-state index contributed by atoms with van der Waals surface area (Å²) >= 11 is 1.41. The van der Waals surface area contributed by atoms with Crippen molar-refractivity contribution in [1.82, 2.24) is 19.7 Å². The summed E-state index contributed by atoms with van der Waals surface area (Å²) in [4.78, 5) is 14.6. The Morgan fingerprint density at radius 3 is 2.00 bits per heavy atom. The van der Waals surface area contributed by atoms with Crippen molar-refractivity contribution in [2.45, 2.75) is 10.4 Å². The van der Waals surface area contributed by atoms with Crippen LogP contribution in [0, 0.1) is 0 Å². The van der Waals surface area contributed by atoms with Crippen molar-refractivity contribution >= 4 is 17.7 Å². The number of nitrogens with zero attached hydrogens (tertiary/aromatic N) is 4. The number of benzene rings is 3. The molecular weight excluding hydrogens is 392 g/mol. The minimum Gasteiger partial charge on any atom is -0.348 e. The average molecular weight is 415 g/mol. The number of amides is 1. The summed E-state index contributed by atoms with van der Waals surface area (Å²) in [6.45, 7) is 0. The molecule has 4 rings (SSSR count). The lowest BCUT2D eigenvalue weighted by atomic mass is 10.1. The first kappa shape index (κ1) is 19.9. The second kappa shape index (κ2) is 8.97. The van der Waals surface area contributed by atoms with Gasteiger partial charge in [0.1, 0.15) is 5.25 Å². The van der Waals surface area contributed by atoms with Crippen LogP contribution in [0.2, 0.25) is 0 Å². The van der Waals surface area contributed by atoms with Crippen molar-refractivity contribution in [2.24, 2.45) is 0 Å². The maximum atomic E-state index is 13.0. The zero-order valence-corrected chi connectivity index (χ0v) is 17.7. The number of hydrogen-bond acceptors (Lipinski definition) is 4. The quantitative estimate of drug-likeness (QED) is 0.423. The van der Waals surface area contributed by atoms with Crippen LogP contribution in [-0.2, 0) is 4.79 Å². The highest BCUT2D eigenvalue weighted by atomic mass is 32.2. The van der Waals surface area contributed by atoms with E-state index in [4.69, 9.17) is 0 Å². The molecule has 0 radical (unpaired) electrons. The minimum absolute atomic E-state index is 0.00933. The van der Waals surface area contributed by atoms with E-state index in [2.05, 4.69) is 10.2 Å². The predicted octanol–water partition coefficient (Wildman–Crippen LogP) is 4.86. The van der Waals surface area contributed by atoms with E-state index >= 15 is 0 Å². The Morgan fingerprint density at radius 1 is 0.833 bits per heavy atom. The van der Waals surface area contributed by atoms with Gasteiger partial charge in [-0.05, 0) is 17.7 Å². The first-order valence-corrected chi connectivity index (χ1v) is 10.5. The number of hydrogen-bond donors (Lipinski definition) is 0. The van der Waals surface area contributed by atoms with Crippen LogP contribution in [0.25, 0.3) is 17.1 Å². The maximum Gasteiger partial charge on any atom is 0.240 e. The topological polar surface area (TPSA) is 51.0 Å². The molecule has 30 heavy (non-hydrogen) atoms. The summed E-state index contributed by atoms with van der Waals surface area (Å²) in [6.07, 6.45) is 0. The van der Waals surface area contributed by atoms with Gasteiger partial charge in [-0.25, -0.2) is 0 Å². The lowest BCUT2D eigenvalue weighted by Crippen LogP contribution is -2.27. The molecule has 150 valence electrons. The Bertz CT molecular complexity index is 1110. The number of likely N-dealkylation sites (N-methyl/N-ethyl adjacent to an activating group) is 1. The van der Waals surface area contributed by atoms with E-state index < -0.39 is 5.25 Å². The van der Waals surface area contributed by atoms with Crippen molar-refractivity contribution in [3.05, 3.63) is 96.6 Å². The highest BCUT2D eigenvalue weighted by Gasteiger charge is 2.27. The molecule has 6 heteroatoms. The molecule has 0 fully saturated rings. The standard InChI is InChI=1S/C24H22N4OS/c1-27(2)23(29)21(18-12-6-3-7-13-18)30-24-26-25-22(19-14-8-4-9-15-19)28(24)20-16-10-5-11-17-20/h3-17,21H,1-2H3/t21-/m0/s1. The molecule has 0 bridgehead atoms. The highest BCUT2D eigenvalue weighted by molar-refractivity contribution is 8.00. The van der Waals surface area contributed by atoms with Crippen molar-refractivity contribution in [2.75, 3.05) is 14.1 Å². The summed E-state index contributed by atoms with van der Waals surface area (Å²) in [7, 11) is 3.55. The van der Waals surface area contributed by atoms with Crippen LogP contribution in [0.5, 0.6) is 0 Å². The van der Waals surface area contributed by atoms with E-state index in [0.717, 1.165) is 22.6 Å². The summed E-state index contributed by atoms with van der Waals surface area (Å²) in [5.74, 6) is 0.753. The number of para-hydroxylation sites is 1. The molecule has 0 aliphatic heterocycles. The molecular formula is C24H22N4OS. The van der Waals surface area contributed by atoms with Crippen molar-refractivity contribution in [3.8, 4) is 17.1 Å². The molecule has 1 aromatic heterocycles. The number of thioether (sulfide) groups is 1. The van der Waals surface area contributed by atoms with Gasteiger partial charge in [0.2, 0.25) is 5.91 Å². The number of aromatic nitrogens is 3.